The molecular formula is C11H22N2O4S. The molecule has 1 aliphatic rings. The predicted octanol–water partition coefficient (Wildman–Crippen LogP) is -0.488. The van der Waals surface area contributed by atoms with Crippen LogP contribution in [-0.2, 0) is 14.6 Å². The van der Waals surface area contributed by atoms with E-state index in [1.807, 2.05) is 4.90 Å². The second kappa shape index (κ2) is 6.49. The minimum absolute atomic E-state index is 0.0676. The fourth-order valence-corrected chi connectivity index (χ4v) is 2.84. The van der Waals surface area contributed by atoms with Crippen molar-refractivity contribution in [3.63, 3.8) is 0 Å². The fraction of sp³-hybridized carbons (Fsp3) is 0.909. The van der Waals surface area contributed by atoms with Gasteiger partial charge >= 0.3 is 5.97 Å². The van der Waals surface area contributed by atoms with Gasteiger partial charge in [-0.3, -0.25) is 14.6 Å². The molecule has 0 amide bonds. The summed E-state index contributed by atoms with van der Waals surface area (Å²) in [6, 6.07) is 0. The van der Waals surface area contributed by atoms with Crippen LogP contribution in [0.25, 0.3) is 0 Å². The Morgan fingerprint density at radius 2 is 1.67 bits per heavy atom. The number of carboxylic acid groups (broad SMARTS) is 1. The van der Waals surface area contributed by atoms with Gasteiger partial charge in [-0.2, -0.15) is 0 Å². The Balaban J connectivity index is 2.30. The zero-order valence-electron chi connectivity index (χ0n) is 11.0. The van der Waals surface area contributed by atoms with Crippen LogP contribution in [0, 0.1) is 0 Å². The maximum absolute atomic E-state index is 11.7. The van der Waals surface area contributed by atoms with Crippen LogP contribution in [0.15, 0.2) is 0 Å². The zero-order chi connectivity index (χ0) is 13.8. The number of rotatable bonds is 6. The summed E-state index contributed by atoms with van der Waals surface area (Å²) in [4.78, 5) is 14.5. The van der Waals surface area contributed by atoms with Crippen LogP contribution in [0.3, 0.4) is 0 Å². The maximum Gasteiger partial charge on any atom is 0.317 e. The third-order valence-electron chi connectivity index (χ3n) is 3.23. The van der Waals surface area contributed by atoms with Gasteiger partial charge in [-0.25, -0.2) is 8.42 Å². The second-order valence-corrected chi connectivity index (χ2v) is 7.60. The van der Waals surface area contributed by atoms with Crippen molar-refractivity contribution in [3.8, 4) is 0 Å². The molecule has 0 atom stereocenters. The summed E-state index contributed by atoms with van der Waals surface area (Å²) < 4.78 is 23.3. The fourth-order valence-electron chi connectivity index (χ4n) is 1.85. The number of carboxylic acids is 1. The Kier molecular flexibility index (Phi) is 5.55. The number of aliphatic carboxylic acids is 1. The molecule has 1 heterocycles. The Morgan fingerprint density at radius 1 is 1.17 bits per heavy atom. The molecule has 1 N–H and O–H groups in total. The minimum Gasteiger partial charge on any atom is -0.480 e. The molecule has 0 radical (unpaired) electrons. The molecule has 6 nitrogen and oxygen atoms in total. The van der Waals surface area contributed by atoms with Gasteiger partial charge in [0.25, 0.3) is 0 Å². The minimum atomic E-state index is -2.98. The highest BCUT2D eigenvalue weighted by atomic mass is 32.2. The molecule has 0 aromatic heterocycles. The van der Waals surface area contributed by atoms with Crippen LogP contribution in [0.5, 0.6) is 0 Å². The van der Waals surface area contributed by atoms with Crippen molar-refractivity contribution in [1.82, 2.24) is 9.80 Å². The number of piperazine rings is 1. The van der Waals surface area contributed by atoms with Gasteiger partial charge in [0.15, 0.2) is 9.84 Å². The Bertz CT molecular complexity index is 373. The number of hydrogen-bond donors (Lipinski definition) is 1. The predicted molar refractivity (Wildman–Crippen MR) is 69.4 cm³/mol. The van der Waals surface area contributed by atoms with E-state index >= 15 is 0 Å². The average Bonchev–Trinajstić information content (AvgIpc) is 2.27. The maximum atomic E-state index is 11.7. The summed E-state index contributed by atoms with van der Waals surface area (Å²) in [5.74, 6) is -0.630. The van der Waals surface area contributed by atoms with Crippen LogP contribution in [0.2, 0.25) is 0 Å². The van der Waals surface area contributed by atoms with Crippen LogP contribution in [-0.4, -0.2) is 79.6 Å². The SMILES string of the molecule is CC(C)S(=O)(=O)CCN1CCN(CC(=O)O)CC1. The number of hydrogen-bond acceptors (Lipinski definition) is 5. The highest BCUT2D eigenvalue weighted by molar-refractivity contribution is 7.92. The Morgan fingerprint density at radius 3 is 2.11 bits per heavy atom. The van der Waals surface area contributed by atoms with Crippen molar-refractivity contribution >= 4 is 15.8 Å². The Labute approximate surface area is 108 Å². The van der Waals surface area contributed by atoms with E-state index in [1.165, 1.54) is 0 Å². The van der Waals surface area contributed by atoms with E-state index in [1.54, 1.807) is 13.8 Å². The summed E-state index contributed by atoms with van der Waals surface area (Å²) in [5.41, 5.74) is 0. The molecule has 18 heavy (non-hydrogen) atoms. The number of nitrogens with zero attached hydrogens (tertiary/aromatic N) is 2. The summed E-state index contributed by atoms with van der Waals surface area (Å²) >= 11 is 0. The normalized spacial score (nSPS) is 19.3. The molecule has 1 saturated heterocycles. The van der Waals surface area contributed by atoms with E-state index in [0.29, 0.717) is 19.6 Å². The summed E-state index contributed by atoms with van der Waals surface area (Å²) in [6.45, 7) is 6.85. The first-order chi connectivity index (χ1) is 8.31. The van der Waals surface area contributed by atoms with Gasteiger partial charge in [0.2, 0.25) is 0 Å². The van der Waals surface area contributed by atoms with E-state index in [4.69, 9.17) is 5.11 Å². The lowest BCUT2D eigenvalue weighted by Gasteiger charge is -2.33. The molecule has 106 valence electrons. The first kappa shape index (κ1) is 15.4. The molecule has 0 aromatic carbocycles. The summed E-state index contributed by atoms with van der Waals surface area (Å²) in [5, 5.41) is 8.34. The van der Waals surface area contributed by atoms with Crippen molar-refractivity contribution in [2.24, 2.45) is 0 Å². The average molecular weight is 278 g/mol. The highest BCUT2D eigenvalue weighted by Gasteiger charge is 2.21. The molecule has 0 saturated carbocycles. The molecule has 0 unspecified atom stereocenters. The summed E-state index contributed by atoms with van der Waals surface area (Å²) in [7, 11) is -2.98. The molecule has 0 bridgehead atoms. The quantitative estimate of drug-likeness (QED) is 0.706. The van der Waals surface area contributed by atoms with Crippen LogP contribution < -0.4 is 0 Å². The van der Waals surface area contributed by atoms with Gasteiger partial charge < -0.3 is 5.11 Å². The van der Waals surface area contributed by atoms with Crippen LogP contribution in [0.4, 0.5) is 0 Å². The van der Waals surface area contributed by atoms with Gasteiger partial charge in [0, 0.05) is 32.7 Å². The lowest BCUT2D eigenvalue weighted by molar-refractivity contribution is -0.138. The monoisotopic (exact) mass is 278 g/mol. The third-order valence-corrected chi connectivity index (χ3v) is 5.42. The number of sulfone groups is 1. The van der Waals surface area contributed by atoms with Gasteiger partial charge in [-0.05, 0) is 13.8 Å². The number of carbonyl (C=O) groups is 1. The first-order valence-electron chi connectivity index (χ1n) is 6.19. The molecule has 0 spiro atoms. The van der Waals surface area contributed by atoms with Crippen molar-refractivity contribution in [1.29, 1.82) is 0 Å². The van der Waals surface area contributed by atoms with Crippen LogP contribution >= 0.6 is 0 Å². The van der Waals surface area contributed by atoms with E-state index in [0.717, 1.165) is 13.1 Å². The van der Waals surface area contributed by atoms with E-state index in [2.05, 4.69) is 4.90 Å². The third kappa shape index (κ3) is 4.91. The molecular weight excluding hydrogens is 256 g/mol. The lowest BCUT2D eigenvalue weighted by atomic mass is 10.3. The zero-order valence-corrected chi connectivity index (χ0v) is 11.8. The van der Waals surface area contributed by atoms with Crippen LogP contribution in [0.1, 0.15) is 13.8 Å². The second-order valence-electron chi connectivity index (χ2n) is 4.93. The Hall–Kier alpha value is -0.660. The van der Waals surface area contributed by atoms with E-state index in [-0.39, 0.29) is 17.5 Å². The van der Waals surface area contributed by atoms with Crippen molar-refractivity contribution in [2.45, 2.75) is 19.1 Å². The molecule has 1 aliphatic heterocycles. The van der Waals surface area contributed by atoms with Crippen molar-refractivity contribution < 1.29 is 18.3 Å². The lowest BCUT2D eigenvalue weighted by Crippen LogP contribution is -2.49. The largest absolute Gasteiger partial charge is 0.480 e. The van der Waals surface area contributed by atoms with Crippen molar-refractivity contribution in [3.05, 3.63) is 0 Å². The van der Waals surface area contributed by atoms with Gasteiger partial charge in [0.1, 0.15) is 0 Å². The van der Waals surface area contributed by atoms with E-state index in [9.17, 15) is 13.2 Å². The van der Waals surface area contributed by atoms with Crippen molar-refractivity contribution in [2.75, 3.05) is 45.0 Å². The van der Waals surface area contributed by atoms with Gasteiger partial charge in [-0.15, -0.1) is 0 Å². The topological polar surface area (TPSA) is 77.9 Å². The standard InChI is InChI=1S/C11H22N2O4S/c1-10(2)18(16,17)8-7-12-3-5-13(6-4-12)9-11(14)15/h10H,3-9H2,1-2H3,(H,14,15). The molecule has 1 rings (SSSR count). The molecule has 1 fully saturated rings. The smallest absolute Gasteiger partial charge is 0.317 e. The van der Waals surface area contributed by atoms with E-state index < -0.39 is 15.8 Å². The van der Waals surface area contributed by atoms with Gasteiger partial charge in [-0.1, -0.05) is 0 Å². The molecule has 0 aromatic rings. The highest BCUT2D eigenvalue weighted by Crippen LogP contribution is 2.05. The molecule has 7 heteroatoms. The molecule has 0 aliphatic carbocycles. The summed E-state index contributed by atoms with van der Waals surface area (Å²) in [6.07, 6.45) is 0. The van der Waals surface area contributed by atoms with Gasteiger partial charge in [0.05, 0.1) is 17.5 Å². The first-order valence-corrected chi connectivity index (χ1v) is 7.91.